The molecule has 0 atom stereocenters. The highest BCUT2D eigenvalue weighted by Gasteiger charge is 2.13. The zero-order valence-electron chi connectivity index (χ0n) is 13.4. The van der Waals surface area contributed by atoms with Crippen molar-refractivity contribution in [3.8, 4) is 11.5 Å². The summed E-state index contributed by atoms with van der Waals surface area (Å²) < 4.78 is 11.7. The van der Waals surface area contributed by atoms with Crippen LogP contribution in [-0.4, -0.2) is 16.8 Å². The third-order valence-electron chi connectivity index (χ3n) is 3.62. The smallest absolute Gasteiger partial charge is 0.231 e. The normalized spacial score (nSPS) is 12.1. The van der Waals surface area contributed by atoms with E-state index >= 15 is 0 Å². The van der Waals surface area contributed by atoms with E-state index in [1.54, 1.807) is 0 Å². The van der Waals surface area contributed by atoms with Gasteiger partial charge in [0.1, 0.15) is 17.5 Å². The number of aromatic nitrogens is 2. The van der Waals surface area contributed by atoms with E-state index in [-0.39, 0.29) is 6.79 Å². The van der Waals surface area contributed by atoms with Gasteiger partial charge in [-0.15, -0.1) is 0 Å². The molecule has 2 N–H and O–H groups in total. The molecular weight excluding hydrogens is 384 g/mol. The quantitative estimate of drug-likeness (QED) is 0.659. The highest BCUT2D eigenvalue weighted by molar-refractivity contribution is 9.10. The van der Waals surface area contributed by atoms with Crippen molar-refractivity contribution in [1.29, 1.82) is 0 Å². The molecule has 2 heterocycles. The molecule has 2 aromatic carbocycles. The summed E-state index contributed by atoms with van der Waals surface area (Å²) in [6, 6.07) is 15.4. The maximum absolute atomic E-state index is 5.40. The summed E-state index contributed by atoms with van der Waals surface area (Å²) in [4.78, 5) is 8.88. The van der Waals surface area contributed by atoms with Crippen LogP contribution in [0, 0.1) is 6.92 Å². The van der Waals surface area contributed by atoms with Gasteiger partial charge in [-0.2, -0.15) is 0 Å². The molecule has 3 aromatic rings. The van der Waals surface area contributed by atoms with Crippen LogP contribution < -0.4 is 20.1 Å². The molecule has 0 spiro atoms. The lowest BCUT2D eigenvalue weighted by Crippen LogP contribution is -2.01. The number of nitrogens with one attached hydrogen (secondary N) is 2. The predicted octanol–water partition coefficient (Wildman–Crippen LogP) is 4.76. The van der Waals surface area contributed by atoms with Crippen LogP contribution in [0.2, 0.25) is 0 Å². The van der Waals surface area contributed by atoms with Crippen molar-refractivity contribution in [3.63, 3.8) is 0 Å². The molecule has 7 heteroatoms. The topological polar surface area (TPSA) is 68.3 Å². The van der Waals surface area contributed by atoms with Gasteiger partial charge in [0.2, 0.25) is 6.79 Å². The van der Waals surface area contributed by atoms with Crippen molar-refractivity contribution < 1.29 is 9.47 Å². The maximum atomic E-state index is 5.40. The molecule has 0 unspecified atom stereocenters. The van der Waals surface area contributed by atoms with E-state index in [2.05, 4.69) is 36.5 Å². The van der Waals surface area contributed by atoms with Crippen molar-refractivity contribution in [3.05, 3.63) is 58.8 Å². The number of nitrogens with zero attached hydrogens (tertiary/aromatic N) is 2. The van der Waals surface area contributed by atoms with Crippen LogP contribution in [0.1, 0.15) is 5.82 Å². The first-order valence-electron chi connectivity index (χ1n) is 7.71. The van der Waals surface area contributed by atoms with Crippen molar-refractivity contribution in [2.24, 2.45) is 0 Å². The standard InChI is InChI=1S/C18H15BrN4O2/c1-11-20-17(22-12-6-7-15-16(8-12)25-10-24-15)9-18(21-11)23-14-5-3-2-4-13(14)19/h2-9H,10H2,1H3,(H2,20,21,22,23). The number of benzene rings is 2. The van der Waals surface area contributed by atoms with Gasteiger partial charge < -0.3 is 20.1 Å². The van der Waals surface area contributed by atoms with Crippen molar-refractivity contribution in [2.75, 3.05) is 17.4 Å². The lowest BCUT2D eigenvalue weighted by molar-refractivity contribution is 0.174. The Hall–Kier alpha value is -2.80. The lowest BCUT2D eigenvalue weighted by atomic mass is 10.2. The first kappa shape index (κ1) is 15.7. The molecule has 0 saturated heterocycles. The monoisotopic (exact) mass is 398 g/mol. The molecule has 1 aromatic heterocycles. The SMILES string of the molecule is Cc1nc(Nc2ccc3c(c2)OCO3)cc(Nc2ccccc2Br)n1. The fourth-order valence-corrected chi connectivity index (χ4v) is 2.90. The zero-order valence-corrected chi connectivity index (χ0v) is 15.0. The summed E-state index contributed by atoms with van der Waals surface area (Å²) >= 11 is 3.53. The second kappa shape index (κ2) is 6.60. The second-order valence-corrected chi connectivity index (χ2v) is 6.34. The minimum atomic E-state index is 0.255. The van der Waals surface area contributed by atoms with Gasteiger partial charge in [-0.25, -0.2) is 9.97 Å². The summed E-state index contributed by atoms with van der Waals surface area (Å²) in [5.74, 6) is 3.55. The molecule has 1 aliphatic heterocycles. The molecule has 0 aliphatic carbocycles. The fraction of sp³-hybridized carbons (Fsp3) is 0.111. The minimum absolute atomic E-state index is 0.255. The molecule has 0 bridgehead atoms. The fourth-order valence-electron chi connectivity index (χ4n) is 2.52. The van der Waals surface area contributed by atoms with E-state index in [1.807, 2.05) is 55.5 Å². The number of fused-ring (bicyclic) bond motifs is 1. The van der Waals surface area contributed by atoms with Gasteiger partial charge in [0.25, 0.3) is 0 Å². The summed E-state index contributed by atoms with van der Waals surface area (Å²) in [5.41, 5.74) is 1.81. The van der Waals surface area contributed by atoms with E-state index in [9.17, 15) is 0 Å². The largest absolute Gasteiger partial charge is 0.454 e. The second-order valence-electron chi connectivity index (χ2n) is 5.48. The Balaban J connectivity index is 1.58. The first-order valence-corrected chi connectivity index (χ1v) is 8.50. The van der Waals surface area contributed by atoms with Crippen LogP contribution in [0.3, 0.4) is 0 Å². The number of hydrogen-bond donors (Lipinski definition) is 2. The number of aryl methyl sites for hydroxylation is 1. The van der Waals surface area contributed by atoms with E-state index in [1.165, 1.54) is 0 Å². The van der Waals surface area contributed by atoms with Gasteiger partial charge in [-0.05, 0) is 47.1 Å². The van der Waals surface area contributed by atoms with Gasteiger partial charge in [0.05, 0.1) is 5.69 Å². The Bertz CT molecular complexity index is 933. The van der Waals surface area contributed by atoms with E-state index < -0.39 is 0 Å². The number of rotatable bonds is 4. The Kier molecular flexibility index (Phi) is 4.15. The highest BCUT2D eigenvalue weighted by Crippen LogP contribution is 2.35. The molecular formula is C18H15BrN4O2. The van der Waals surface area contributed by atoms with Crippen molar-refractivity contribution in [1.82, 2.24) is 9.97 Å². The van der Waals surface area contributed by atoms with Gasteiger partial charge in [0, 0.05) is 22.3 Å². The van der Waals surface area contributed by atoms with Gasteiger partial charge in [-0.3, -0.25) is 0 Å². The molecule has 25 heavy (non-hydrogen) atoms. The third-order valence-corrected chi connectivity index (χ3v) is 4.31. The van der Waals surface area contributed by atoms with Crippen LogP contribution in [0.4, 0.5) is 23.0 Å². The summed E-state index contributed by atoms with van der Waals surface area (Å²) in [7, 11) is 0. The predicted molar refractivity (Wildman–Crippen MR) is 100 cm³/mol. The molecule has 0 fully saturated rings. The Morgan fingerprint density at radius 2 is 1.68 bits per heavy atom. The first-order chi connectivity index (χ1) is 12.2. The average molecular weight is 399 g/mol. The maximum Gasteiger partial charge on any atom is 0.231 e. The Morgan fingerprint density at radius 1 is 0.920 bits per heavy atom. The number of anilines is 4. The van der Waals surface area contributed by atoms with E-state index in [0.717, 1.165) is 27.3 Å². The van der Waals surface area contributed by atoms with Crippen LogP contribution in [-0.2, 0) is 0 Å². The zero-order chi connectivity index (χ0) is 17.2. The average Bonchev–Trinajstić information content (AvgIpc) is 3.04. The van der Waals surface area contributed by atoms with Crippen molar-refractivity contribution in [2.45, 2.75) is 6.92 Å². The molecule has 126 valence electrons. The number of ether oxygens (including phenoxy) is 2. The molecule has 0 saturated carbocycles. The number of hydrogen-bond acceptors (Lipinski definition) is 6. The van der Waals surface area contributed by atoms with Gasteiger partial charge >= 0.3 is 0 Å². The minimum Gasteiger partial charge on any atom is -0.454 e. The van der Waals surface area contributed by atoms with Gasteiger partial charge in [-0.1, -0.05) is 12.1 Å². The Morgan fingerprint density at radius 3 is 2.52 bits per heavy atom. The van der Waals surface area contributed by atoms with Crippen molar-refractivity contribution >= 4 is 38.9 Å². The van der Waals surface area contributed by atoms with E-state index in [0.29, 0.717) is 17.5 Å². The summed E-state index contributed by atoms with van der Waals surface area (Å²) in [5, 5.41) is 6.58. The summed E-state index contributed by atoms with van der Waals surface area (Å²) in [6.45, 7) is 2.11. The molecule has 0 radical (unpaired) electrons. The highest BCUT2D eigenvalue weighted by atomic mass is 79.9. The molecule has 4 rings (SSSR count). The van der Waals surface area contributed by atoms with Crippen LogP contribution in [0.25, 0.3) is 0 Å². The number of halogens is 1. The third kappa shape index (κ3) is 3.51. The van der Waals surface area contributed by atoms with Crippen LogP contribution in [0.5, 0.6) is 11.5 Å². The Labute approximate surface area is 153 Å². The van der Waals surface area contributed by atoms with Crippen LogP contribution in [0.15, 0.2) is 53.0 Å². The van der Waals surface area contributed by atoms with E-state index in [4.69, 9.17) is 9.47 Å². The molecule has 6 nitrogen and oxygen atoms in total. The molecule has 1 aliphatic rings. The molecule has 0 amide bonds. The number of para-hydroxylation sites is 1. The van der Waals surface area contributed by atoms with Gasteiger partial charge in [0.15, 0.2) is 11.5 Å². The summed E-state index contributed by atoms with van der Waals surface area (Å²) in [6.07, 6.45) is 0. The van der Waals surface area contributed by atoms with Crippen LogP contribution >= 0.6 is 15.9 Å². The lowest BCUT2D eigenvalue weighted by Gasteiger charge is -2.11.